The molecule has 2 aliphatic heterocycles. The summed E-state index contributed by atoms with van der Waals surface area (Å²) in [6.07, 6.45) is 0.596. The Morgan fingerprint density at radius 1 is 1.06 bits per heavy atom. The Balaban J connectivity index is 1.43. The Hall–Kier alpha value is -2.79. The van der Waals surface area contributed by atoms with Crippen LogP contribution in [0.15, 0.2) is 30.9 Å². The van der Waals surface area contributed by atoms with Crippen LogP contribution in [0.5, 0.6) is 0 Å². The van der Waals surface area contributed by atoms with Crippen LogP contribution in [0.3, 0.4) is 0 Å². The van der Waals surface area contributed by atoms with Crippen molar-refractivity contribution in [2.45, 2.75) is 19.1 Å². The van der Waals surface area contributed by atoms with Crippen molar-refractivity contribution >= 4 is 11.5 Å². The lowest BCUT2D eigenvalue weighted by atomic mass is 10.0. The third-order valence-corrected chi connectivity index (χ3v) is 5.97. The molecule has 0 bridgehead atoms. The Labute approximate surface area is 176 Å². The SMILES string of the molecule is CC1CN(c2ccnc(-c3cnc4cnc(C(F)(F)F)cn34)n2)CC1N1CCOCC1. The van der Waals surface area contributed by atoms with Crippen molar-refractivity contribution in [1.82, 2.24) is 29.2 Å². The van der Waals surface area contributed by atoms with Crippen LogP contribution in [0.4, 0.5) is 19.0 Å². The van der Waals surface area contributed by atoms with Gasteiger partial charge in [-0.3, -0.25) is 9.30 Å². The average Bonchev–Trinajstić information content (AvgIpc) is 3.37. The number of nitrogens with zero attached hydrogens (tertiary/aromatic N) is 7. The van der Waals surface area contributed by atoms with E-state index < -0.39 is 11.9 Å². The van der Waals surface area contributed by atoms with Crippen molar-refractivity contribution in [3.63, 3.8) is 0 Å². The number of anilines is 1. The lowest BCUT2D eigenvalue weighted by molar-refractivity contribution is -0.141. The van der Waals surface area contributed by atoms with Crippen molar-refractivity contribution in [3.05, 3.63) is 36.5 Å². The number of imidazole rings is 1. The molecule has 5 heterocycles. The van der Waals surface area contributed by atoms with E-state index in [-0.39, 0.29) is 0 Å². The summed E-state index contributed by atoms with van der Waals surface area (Å²) in [5.74, 6) is 1.55. The normalized spacial score (nSPS) is 23.0. The minimum Gasteiger partial charge on any atom is -0.379 e. The van der Waals surface area contributed by atoms with E-state index >= 15 is 0 Å². The van der Waals surface area contributed by atoms with Crippen molar-refractivity contribution < 1.29 is 17.9 Å². The van der Waals surface area contributed by atoms with Gasteiger partial charge in [-0.15, -0.1) is 0 Å². The largest absolute Gasteiger partial charge is 0.434 e. The van der Waals surface area contributed by atoms with Crippen LogP contribution in [-0.4, -0.2) is 74.7 Å². The molecular formula is C20H22F3N7O. The first-order valence-corrected chi connectivity index (χ1v) is 10.2. The van der Waals surface area contributed by atoms with Gasteiger partial charge in [-0.25, -0.2) is 19.9 Å². The summed E-state index contributed by atoms with van der Waals surface area (Å²) < 4.78 is 46.1. The highest BCUT2D eigenvalue weighted by Gasteiger charge is 2.35. The Bertz CT molecular complexity index is 1080. The maximum Gasteiger partial charge on any atom is 0.434 e. The van der Waals surface area contributed by atoms with Crippen molar-refractivity contribution in [3.8, 4) is 11.5 Å². The fourth-order valence-corrected chi connectivity index (χ4v) is 4.37. The van der Waals surface area contributed by atoms with E-state index in [0.717, 1.165) is 57.6 Å². The van der Waals surface area contributed by atoms with Gasteiger partial charge in [-0.1, -0.05) is 6.92 Å². The van der Waals surface area contributed by atoms with Gasteiger partial charge in [0.05, 0.1) is 25.6 Å². The molecule has 2 aliphatic rings. The first-order valence-electron chi connectivity index (χ1n) is 10.2. The van der Waals surface area contributed by atoms with Gasteiger partial charge >= 0.3 is 6.18 Å². The molecule has 2 saturated heterocycles. The van der Waals surface area contributed by atoms with Gasteiger partial charge in [0.15, 0.2) is 17.2 Å². The van der Waals surface area contributed by atoms with E-state index in [2.05, 4.69) is 36.7 Å². The second-order valence-electron chi connectivity index (χ2n) is 7.98. The standard InChI is InChI=1S/C20H22F3N7O/c1-13-10-29(11-15(13)28-4-6-31-7-5-28)17-2-3-24-19(27-17)14-8-26-18-9-25-16(12-30(14)18)20(21,22)23/h2-3,8-9,12-13,15H,4-7,10-11H2,1H3. The second-order valence-corrected chi connectivity index (χ2v) is 7.98. The molecule has 2 atom stereocenters. The van der Waals surface area contributed by atoms with Crippen LogP contribution in [0.25, 0.3) is 17.2 Å². The fourth-order valence-electron chi connectivity index (χ4n) is 4.37. The third-order valence-electron chi connectivity index (χ3n) is 5.97. The molecule has 0 amide bonds. The molecule has 2 fully saturated rings. The quantitative estimate of drug-likeness (QED) is 0.628. The molecule has 3 aromatic rings. The molecular weight excluding hydrogens is 411 g/mol. The molecule has 164 valence electrons. The topological polar surface area (TPSA) is 71.7 Å². The molecule has 2 unspecified atom stereocenters. The number of rotatable bonds is 3. The van der Waals surface area contributed by atoms with Crippen LogP contribution in [0.1, 0.15) is 12.6 Å². The van der Waals surface area contributed by atoms with Gasteiger partial charge in [-0.2, -0.15) is 13.2 Å². The molecule has 3 aromatic heterocycles. The van der Waals surface area contributed by atoms with E-state index in [9.17, 15) is 13.2 Å². The smallest absolute Gasteiger partial charge is 0.379 e. The van der Waals surface area contributed by atoms with E-state index in [1.165, 1.54) is 10.6 Å². The van der Waals surface area contributed by atoms with Crippen LogP contribution < -0.4 is 4.90 Å². The summed E-state index contributed by atoms with van der Waals surface area (Å²) in [7, 11) is 0. The predicted molar refractivity (Wildman–Crippen MR) is 107 cm³/mol. The number of hydrogen-bond donors (Lipinski definition) is 0. The molecule has 8 nitrogen and oxygen atoms in total. The number of aromatic nitrogens is 5. The van der Waals surface area contributed by atoms with E-state index in [4.69, 9.17) is 4.74 Å². The molecule has 0 radical (unpaired) electrons. The van der Waals surface area contributed by atoms with Crippen LogP contribution in [-0.2, 0) is 10.9 Å². The third kappa shape index (κ3) is 3.83. The number of alkyl halides is 3. The highest BCUT2D eigenvalue weighted by Crippen LogP contribution is 2.30. The number of halogens is 3. The van der Waals surface area contributed by atoms with Gasteiger partial charge in [-0.05, 0) is 12.0 Å². The lowest BCUT2D eigenvalue weighted by Crippen LogP contribution is -2.46. The van der Waals surface area contributed by atoms with Gasteiger partial charge in [0.2, 0.25) is 0 Å². The lowest BCUT2D eigenvalue weighted by Gasteiger charge is -2.34. The Morgan fingerprint density at radius 2 is 1.87 bits per heavy atom. The van der Waals surface area contributed by atoms with Crippen LogP contribution in [0, 0.1) is 5.92 Å². The van der Waals surface area contributed by atoms with Crippen LogP contribution >= 0.6 is 0 Å². The zero-order valence-corrected chi connectivity index (χ0v) is 17.0. The fraction of sp³-hybridized carbons (Fsp3) is 0.500. The summed E-state index contributed by atoms with van der Waals surface area (Å²) >= 11 is 0. The van der Waals surface area contributed by atoms with Gasteiger partial charge in [0.1, 0.15) is 11.5 Å². The molecule has 0 spiro atoms. The van der Waals surface area contributed by atoms with E-state index in [1.54, 1.807) is 6.20 Å². The van der Waals surface area contributed by atoms with Crippen molar-refractivity contribution in [2.75, 3.05) is 44.3 Å². The Kier molecular flexibility index (Phi) is 5.01. The number of fused-ring (bicyclic) bond motifs is 1. The maximum absolute atomic E-state index is 13.1. The second kappa shape index (κ2) is 7.72. The minimum absolute atomic E-state index is 0.305. The zero-order valence-electron chi connectivity index (χ0n) is 17.0. The van der Waals surface area contributed by atoms with E-state index in [1.807, 2.05) is 6.07 Å². The summed E-state index contributed by atoms with van der Waals surface area (Å²) in [5.41, 5.74) is -0.293. The summed E-state index contributed by atoms with van der Waals surface area (Å²) in [4.78, 5) is 21.2. The summed E-state index contributed by atoms with van der Waals surface area (Å²) in [5, 5.41) is 0. The number of morpholine rings is 1. The van der Waals surface area contributed by atoms with Gasteiger partial charge < -0.3 is 9.64 Å². The number of ether oxygens (including phenoxy) is 1. The number of hydrogen-bond acceptors (Lipinski definition) is 7. The van der Waals surface area contributed by atoms with Gasteiger partial charge in [0, 0.05) is 44.6 Å². The summed E-state index contributed by atoms with van der Waals surface area (Å²) in [6.45, 7) is 7.29. The molecule has 0 saturated carbocycles. The highest BCUT2D eigenvalue weighted by molar-refractivity contribution is 5.58. The Morgan fingerprint density at radius 3 is 2.65 bits per heavy atom. The minimum atomic E-state index is -4.54. The average molecular weight is 433 g/mol. The zero-order chi connectivity index (χ0) is 21.6. The molecule has 5 rings (SSSR count). The van der Waals surface area contributed by atoms with E-state index in [0.29, 0.717) is 29.1 Å². The molecule has 0 aromatic carbocycles. The monoisotopic (exact) mass is 433 g/mol. The maximum atomic E-state index is 13.1. The first kappa shape index (κ1) is 20.1. The molecule has 31 heavy (non-hydrogen) atoms. The summed E-state index contributed by atoms with van der Waals surface area (Å²) in [6, 6.07) is 2.25. The van der Waals surface area contributed by atoms with Crippen molar-refractivity contribution in [2.24, 2.45) is 5.92 Å². The van der Waals surface area contributed by atoms with Gasteiger partial charge in [0.25, 0.3) is 0 Å². The predicted octanol–water partition coefficient (Wildman–Crippen LogP) is 2.36. The molecule has 0 N–H and O–H groups in total. The highest BCUT2D eigenvalue weighted by atomic mass is 19.4. The van der Waals surface area contributed by atoms with Crippen molar-refractivity contribution in [1.29, 1.82) is 0 Å². The molecule has 0 aliphatic carbocycles. The van der Waals surface area contributed by atoms with Crippen LogP contribution in [0.2, 0.25) is 0 Å². The first-order chi connectivity index (χ1) is 14.9. The molecule has 11 heteroatoms.